The van der Waals surface area contributed by atoms with Gasteiger partial charge in [-0.05, 0) is 31.9 Å². The summed E-state index contributed by atoms with van der Waals surface area (Å²) in [4.78, 5) is 16.8. The molecule has 4 heteroatoms. The highest BCUT2D eigenvalue weighted by molar-refractivity contribution is 5.83. The minimum atomic E-state index is -0.360. The van der Waals surface area contributed by atoms with E-state index in [2.05, 4.69) is 10.3 Å². The Balaban J connectivity index is 2.03. The van der Waals surface area contributed by atoms with Crippen molar-refractivity contribution >= 4 is 5.91 Å². The molecule has 19 heavy (non-hydrogen) atoms. The van der Waals surface area contributed by atoms with Crippen LogP contribution in [0.2, 0.25) is 0 Å². The van der Waals surface area contributed by atoms with Crippen molar-refractivity contribution in [1.29, 1.82) is 0 Å². The summed E-state index contributed by atoms with van der Waals surface area (Å²) in [7, 11) is 0. The van der Waals surface area contributed by atoms with Crippen LogP contribution in [-0.4, -0.2) is 17.4 Å². The zero-order chi connectivity index (χ0) is 13.7. The molecule has 1 aromatic heterocycles. The van der Waals surface area contributed by atoms with E-state index in [1.807, 2.05) is 25.1 Å². The number of rotatable bonds is 4. The summed E-state index contributed by atoms with van der Waals surface area (Å²) in [6.45, 7) is 2.40. The van der Waals surface area contributed by atoms with Gasteiger partial charge in [0.05, 0.1) is 17.2 Å². The van der Waals surface area contributed by atoms with Gasteiger partial charge >= 0.3 is 0 Å². The van der Waals surface area contributed by atoms with Gasteiger partial charge in [-0.25, -0.2) is 0 Å². The summed E-state index contributed by atoms with van der Waals surface area (Å²) in [5, 5.41) is 3.08. The smallest absolute Gasteiger partial charge is 0.228 e. The zero-order valence-electron chi connectivity index (χ0n) is 11.6. The van der Waals surface area contributed by atoms with E-state index in [1.165, 1.54) is 6.42 Å². The van der Waals surface area contributed by atoms with E-state index < -0.39 is 0 Å². The van der Waals surface area contributed by atoms with E-state index in [9.17, 15) is 4.79 Å². The van der Waals surface area contributed by atoms with Gasteiger partial charge in [0.15, 0.2) is 0 Å². The number of nitrogens with zero attached hydrogens (tertiary/aromatic N) is 1. The van der Waals surface area contributed by atoms with Crippen molar-refractivity contribution in [2.45, 2.75) is 45.1 Å². The Bertz CT molecular complexity index is 413. The predicted molar refractivity (Wildman–Crippen MR) is 75.4 cm³/mol. The molecule has 0 spiro atoms. The first-order chi connectivity index (χ1) is 9.18. The number of hydrogen-bond acceptors (Lipinski definition) is 3. The SMILES string of the molecule is C[C@@H](NC(=O)C1(CN)CCCCC1)c1ccccn1. The second kappa shape index (κ2) is 6.15. The van der Waals surface area contributed by atoms with Gasteiger partial charge in [0, 0.05) is 12.7 Å². The number of carbonyl (C=O) groups is 1. The predicted octanol–water partition coefficient (Wildman–Crippen LogP) is 2.17. The summed E-state index contributed by atoms with van der Waals surface area (Å²) in [5.74, 6) is 0.0906. The first kappa shape index (κ1) is 14.0. The summed E-state index contributed by atoms with van der Waals surface area (Å²) in [5.41, 5.74) is 6.41. The molecular formula is C15H23N3O. The largest absolute Gasteiger partial charge is 0.347 e. The summed E-state index contributed by atoms with van der Waals surface area (Å²) in [6.07, 6.45) is 6.97. The third kappa shape index (κ3) is 3.13. The van der Waals surface area contributed by atoms with E-state index in [0.717, 1.165) is 31.4 Å². The van der Waals surface area contributed by atoms with Crippen LogP contribution in [0.5, 0.6) is 0 Å². The van der Waals surface area contributed by atoms with Gasteiger partial charge in [-0.15, -0.1) is 0 Å². The Labute approximate surface area is 114 Å². The Morgan fingerprint density at radius 3 is 2.74 bits per heavy atom. The summed E-state index contributed by atoms with van der Waals surface area (Å²) < 4.78 is 0. The van der Waals surface area contributed by atoms with Crippen LogP contribution in [0.4, 0.5) is 0 Å². The molecule has 1 aliphatic rings. The number of pyridine rings is 1. The van der Waals surface area contributed by atoms with Crippen LogP contribution in [0, 0.1) is 5.41 Å². The van der Waals surface area contributed by atoms with Crippen LogP contribution in [0.15, 0.2) is 24.4 Å². The van der Waals surface area contributed by atoms with Gasteiger partial charge in [0.25, 0.3) is 0 Å². The molecule has 1 saturated carbocycles. The molecular weight excluding hydrogens is 238 g/mol. The normalized spacial score (nSPS) is 19.7. The molecule has 2 rings (SSSR count). The zero-order valence-corrected chi connectivity index (χ0v) is 11.6. The molecule has 1 fully saturated rings. The number of nitrogens with one attached hydrogen (secondary N) is 1. The number of hydrogen-bond donors (Lipinski definition) is 2. The topological polar surface area (TPSA) is 68.0 Å². The Kier molecular flexibility index (Phi) is 4.53. The average molecular weight is 261 g/mol. The van der Waals surface area contributed by atoms with E-state index in [1.54, 1.807) is 6.20 Å². The Morgan fingerprint density at radius 1 is 1.42 bits per heavy atom. The Morgan fingerprint density at radius 2 is 2.16 bits per heavy atom. The number of carbonyl (C=O) groups excluding carboxylic acids is 1. The molecule has 1 aliphatic carbocycles. The number of nitrogens with two attached hydrogens (primary N) is 1. The average Bonchev–Trinajstić information content (AvgIpc) is 2.48. The fraction of sp³-hybridized carbons (Fsp3) is 0.600. The molecule has 1 amide bonds. The molecule has 0 bridgehead atoms. The molecule has 0 aromatic carbocycles. The Hall–Kier alpha value is -1.42. The second-order valence-corrected chi connectivity index (χ2v) is 5.49. The highest BCUT2D eigenvalue weighted by Gasteiger charge is 2.38. The van der Waals surface area contributed by atoms with Gasteiger partial charge in [-0.3, -0.25) is 9.78 Å². The molecule has 0 unspecified atom stereocenters. The summed E-state index contributed by atoms with van der Waals surface area (Å²) in [6, 6.07) is 5.67. The molecule has 4 nitrogen and oxygen atoms in total. The molecule has 1 aromatic rings. The van der Waals surface area contributed by atoms with Crippen LogP contribution in [-0.2, 0) is 4.79 Å². The molecule has 0 aliphatic heterocycles. The molecule has 1 heterocycles. The van der Waals surface area contributed by atoms with Gasteiger partial charge in [0.1, 0.15) is 0 Å². The van der Waals surface area contributed by atoms with Crippen LogP contribution < -0.4 is 11.1 Å². The number of amides is 1. The minimum absolute atomic E-state index is 0.0703. The van der Waals surface area contributed by atoms with Gasteiger partial charge in [-0.1, -0.05) is 25.3 Å². The van der Waals surface area contributed by atoms with Gasteiger partial charge in [0.2, 0.25) is 5.91 Å². The maximum atomic E-state index is 12.5. The standard InChI is InChI=1S/C15H23N3O/c1-12(13-7-3-6-10-17-13)18-14(19)15(11-16)8-4-2-5-9-15/h3,6-7,10,12H,2,4-5,8-9,11,16H2,1H3,(H,18,19)/t12-/m1/s1. The lowest BCUT2D eigenvalue weighted by atomic mass is 9.73. The first-order valence-corrected chi connectivity index (χ1v) is 7.10. The molecule has 104 valence electrons. The third-order valence-electron chi connectivity index (χ3n) is 4.16. The fourth-order valence-corrected chi connectivity index (χ4v) is 2.81. The lowest BCUT2D eigenvalue weighted by Gasteiger charge is -2.35. The van der Waals surface area contributed by atoms with E-state index in [0.29, 0.717) is 6.54 Å². The van der Waals surface area contributed by atoms with Crippen LogP contribution in [0.1, 0.15) is 50.8 Å². The highest BCUT2D eigenvalue weighted by Crippen LogP contribution is 2.36. The van der Waals surface area contributed by atoms with Crippen molar-refractivity contribution in [2.75, 3.05) is 6.54 Å². The molecule has 0 radical (unpaired) electrons. The molecule has 3 N–H and O–H groups in total. The first-order valence-electron chi connectivity index (χ1n) is 7.10. The van der Waals surface area contributed by atoms with Crippen molar-refractivity contribution in [3.05, 3.63) is 30.1 Å². The fourth-order valence-electron chi connectivity index (χ4n) is 2.81. The van der Waals surface area contributed by atoms with Gasteiger partial charge < -0.3 is 11.1 Å². The lowest BCUT2D eigenvalue weighted by Crippen LogP contribution is -2.47. The van der Waals surface area contributed by atoms with Crippen molar-refractivity contribution in [3.63, 3.8) is 0 Å². The third-order valence-corrected chi connectivity index (χ3v) is 4.16. The maximum Gasteiger partial charge on any atom is 0.228 e. The van der Waals surface area contributed by atoms with Crippen molar-refractivity contribution in [1.82, 2.24) is 10.3 Å². The maximum absolute atomic E-state index is 12.5. The van der Waals surface area contributed by atoms with Crippen LogP contribution in [0.25, 0.3) is 0 Å². The van der Waals surface area contributed by atoms with Crippen molar-refractivity contribution in [3.8, 4) is 0 Å². The quantitative estimate of drug-likeness (QED) is 0.872. The van der Waals surface area contributed by atoms with Crippen LogP contribution >= 0.6 is 0 Å². The second-order valence-electron chi connectivity index (χ2n) is 5.49. The van der Waals surface area contributed by atoms with E-state index in [-0.39, 0.29) is 17.4 Å². The minimum Gasteiger partial charge on any atom is -0.347 e. The number of aromatic nitrogens is 1. The van der Waals surface area contributed by atoms with Crippen LogP contribution in [0.3, 0.4) is 0 Å². The summed E-state index contributed by atoms with van der Waals surface area (Å²) >= 11 is 0. The van der Waals surface area contributed by atoms with Gasteiger partial charge in [-0.2, -0.15) is 0 Å². The van der Waals surface area contributed by atoms with Crippen molar-refractivity contribution < 1.29 is 4.79 Å². The van der Waals surface area contributed by atoms with E-state index >= 15 is 0 Å². The lowest BCUT2D eigenvalue weighted by molar-refractivity contribution is -0.133. The van der Waals surface area contributed by atoms with Crippen molar-refractivity contribution in [2.24, 2.45) is 11.1 Å². The highest BCUT2D eigenvalue weighted by atomic mass is 16.2. The molecule has 1 atom stereocenters. The molecule has 0 saturated heterocycles. The van der Waals surface area contributed by atoms with E-state index in [4.69, 9.17) is 5.73 Å². The monoisotopic (exact) mass is 261 g/mol.